The van der Waals surface area contributed by atoms with Gasteiger partial charge >= 0.3 is 0 Å². The maximum atomic E-state index is 13.4. The molecule has 8 nitrogen and oxygen atoms in total. The van der Waals surface area contributed by atoms with Gasteiger partial charge in [-0.25, -0.2) is 14.4 Å². The van der Waals surface area contributed by atoms with E-state index in [1.807, 2.05) is 18.5 Å². The Bertz CT molecular complexity index is 1480. The Balaban J connectivity index is 1.34. The minimum atomic E-state index is -0.344. The molecule has 4 heterocycles. The van der Waals surface area contributed by atoms with Gasteiger partial charge in [0.1, 0.15) is 17.5 Å². The quantitative estimate of drug-likeness (QED) is 0.277. The fourth-order valence-electron chi connectivity index (χ4n) is 5.06. The molecule has 0 unspecified atom stereocenters. The Morgan fingerprint density at radius 1 is 1.18 bits per heavy atom. The second-order valence-corrected chi connectivity index (χ2v) is 10.7. The van der Waals surface area contributed by atoms with Gasteiger partial charge in [-0.2, -0.15) is 0 Å². The number of hydrogen-bond donors (Lipinski definition) is 3. The fraction of sp³-hybridized carbons (Fsp3) is 0.286. The molecule has 1 fully saturated rings. The summed E-state index contributed by atoms with van der Waals surface area (Å²) >= 11 is 1.47. The van der Waals surface area contributed by atoms with Gasteiger partial charge in [0.25, 0.3) is 5.91 Å². The number of halogens is 1. The molecule has 4 aromatic rings. The molecule has 0 saturated heterocycles. The molecule has 0 spiro atoms. The standard InChI is InChI=1S/C28H27FN6O2S/c1-35-13-19(10-16-2-3-16)25-24(28(35)37)27(33-22-14-38-15-31-22)26(34-25)18-8-9-30-21(12-18)32-23(36)11-17-4-6-20(29)7-5-17/h4-9,12,14-16,19,33-34H,2-3,10-11,13H2,1H3,(H,30,32,36)/t19-/m0/s1. The molecule has 1 aliphatic heterocycles. The number of fused-ring (bicyclic) bond motifs is 1. The highest BCUT2D eigenvalue weighted by Crippen LogP contribution is 2.46. The fourth-order valence-corrected chi connectivity index (χ4v) is 5.55. The van der Waals surface area contributed by atoms with Crippen molar-refractivity contribution in [2.24, 2.45) is 5.92 Å². The largest absolute Gasteiger partial charge is 0.356 e. The van der Waals surface area contributed by atoms with Crippen molar-refractivity contribution in [2.75, 3.05) is 24.2 Å². The van der Waals surface area contributed by atoms with E-state index in [4.69, 9.17) is 0 Å². The van der Waals surface area contributed by atoms with Crippen LogP contribution in [-0.4, -0.2) is 45.3 Å². The SMILES string of the molecule is CN1C[C@H](CC2CC2)c2[nH]c(-c3ccnc(NC(=O)Cc4ccc(F)cc4)c3)c(Nc3cscn3)c2C1=O. The number of nitrogens with one attached hydrogen (secondary N) is 3. The number of aromatic nitrogens is 3. The molecular weight excluding hydrogens is 503 g/mol. The van der Waals surface area contributed by atoms with Crippen LogP contribution >= 0.6 is 11.3 Å². The van der Waals surface area contributed by atoms with E-state index in [2.05, 4.69) is 25.6 Å². The molecule has 6 rings (SSSR count). The van der Waals surface area contributed by atoms with Crippen molar-refractivity contribution in [3.63, 3.8) is 0 Å². The van der Waals surface area contributed by atoms with Gasteiger partial charge in [0.05, 0.1) is 28.9 Å². The maximum Gasteiger partial charge on any atom is 0.257 e. The Labute approximate surface area is 223 Å². The second-order valence-electron chi connectivity index (χ2n) is 10.0. The van der Waals surface area contributed by atoms with Crippen molar-refractivity contribution in [1.29, 1.82) is 0 Å². The zero-order valence-electron chi connectivity index (χ0n) is 20.8. The number of hydrogen-bond acceptors (Lipinski definition) is 6. The molecular formula is C28H27FN6O2S. The van der Waals surface area contributed by atoms with E-state index in [1.165, 1.54) is 36.3 Å². The number of carbonyl (C=O) groups excluding carboxylic acids is 2. The lowest BCUT2D eigenvalue weighted by Gasteiger charge is -2.30. The van der Waals surface area contributed by atoms with Crippen LogP contribution in [0.5, 0.6) is 0 Å². The lowest BCUT2D eigenvalue weighted by molar-refractivity contribution is -0.115. The molecule has 1 aliphatic carbocycles. The van der Waals surface area contributed by atoms with Gasteiger partial charge in [-0.15, -0.1) is 11.3 Å². The normalized spacial score (nSPS) is 16.8. The topological polar surface area (TPSA) is 103 Å². The van der Waals surface area contributed by atoms with Gasteiger partial charge in [0.2, 0.25) is 5.91 Å². The molecule has 0 radical (unpaired) electrons. The number of pyridine rings is 1. The highest BCUT2D eigenvalue weighted by Gasteiger charge is 2.38. The van der Waals surface area contributed by atoms with E-state index >= 15 is 0 Å². The van der Waals surface area contributed by atoms with E-state index in [0.29, 0.717) is 40.9 Å². The van der Waals surface area contributed by atoms with Crippen LogP contribution < -0.4 is 10.6 Å². The van der Waals surface area contributed by atoms with Crippen molar-refractivity contribution in [3.8, 4) is 11.3 Å². The predicted octanol–water partition coefficient (Wildman–Crippen LogP) is 5.57. The zero-order valence-corrected chi connectivity index (χ0v) is 21.6. The first-order valence-electron chi connectivity index (χ1n) is 12.6. The molecule has 1 saturated carbocycles. The summed E-state index contributed by atoms with van der Waals surface area (Å²) in [6, 6.07) is 9.48. The van der Waals surface area contributed by atoms with Crippen LogP contribution in [0.4, 0.5) is 21.7 Å². The molecule has 38 heavy (non-hydrogen) atoms. The number of rotatable bonds is 8. The van der Waals surface area contributed by atoms with Crippen molar-refractivity contribution >= 4 is 40.5 Å². The number of H-pyrrole nitrogens is 1. The summed E-state index contributed by atoms with van der Waals surface area (Å²) in [5.74, 6) is 1.35. The summed E-state index contributed by atoms with van der Waals surface area (Å²) in [5.41, 5.74) is 6.26. The van der Waals surface area contributed by atoms with Gasteiger partial charge in [0.15, 0.2) is 0 Å². The molecule has 194 valence electrons. The van der Waals surface area contributed by atoms with E-state index < -0.39 is 0 Å². The van der Waals surface area contributed by atoms with Crippen LogP contribution in [0.1, 0.15) is 46.8 Å². The number of carbonyl (C=O) groups is 2. The third-order valence-corrected chi connectivity index (χ3v) is 7.67. The van der Waals surface area contributed by atoms with Gasteiger partial charge < -0.3 is 20.5 Å². The third-order valence-electron chi connectivity index (χ3n) is 7.09. The minimum absolute atomic E-state index is 0.0332. The van der Waals surface area contributed by atoms with Crippen LogP contribution in [0.15, 0.2) is 53.5 Å². The lowest BCUT2D eigenvalue weighted by atomic mass is 9.90. The summed E-state index contributed by atoms with van der Waals surface area (Å²) in [5, 5.41) is 8.11. The Morgan fingerprint density at radius 3 is 2.74 bits per heavy atom. The molecule has 1 aromatic carbocycles. The van der Waals surface area contributed by atoms with Crippen LogP contribution in [0, 0.1) is 11.7 Å². The number of nitrogens with zero attached hydrogens (tertiary/aromatic N) is 3. The number of likely N-dealkylation sites (N-methyl/N-ethyl adjacent to an activating group) is 1. The van der Waals surface area contributed by atoms with E-state index in [9.17, 15) is 14.0 Å². The number of benzene rings is 1. The highest BCUT2D eigenvalue weighted by atomic mass is 32.1. The van der Waals surface area contributed by atoms with Gasteiger partial charge in [-0.05, 0) is 42.2 Å². The summed E-state index contributed by atoms with van der Waals surface area (Å²) in [4.78, 5) is 40.2. The summed E-state index contributed by atoms with van der Waals surface area (Å²) in [6.07, 6.45) is 5.26. The summed E-state index contributed by atoms with van der Waals surface area (Å²) in [7, 11) is 1.85. The minimum Gasteiger partial charge on any atom is -0.356 e. The maximum absolute atomic E-state index is 13.4. The average molecular weight is 531 g/mol. The monoisotopic (exact) mass is 530 g/mol. The van der Waals surface area contributed by atoms with Gasteiger partial charge in [-0.1, -0.05) is 25.0 Å². The third kappa shape index (κ3) is 5.04. The van der Waals surface area contributed by atoms with Crippen LogP contribution in [0.2, 0.25) is 0 Å². The Hall–Kier alpha value is -4.05. The van der Waals surface area contributed by atoms with Crippen molar-refractivity contribution < 1.29 is 14.0 Å². The number of aromatic amines is 1. The first-order chi connectivity index (χ1) is 18.4. The van der Waals surface area contributed by atoms with E-state index in [-0.39, 0.29) is 30.0 Å². The summed E-state index contributed by atoms with van der Waals surface area (Å²) in [6.45, 7) is 0.680. The number of thiazole rings is 1. The number of amides is 2. The average Bonchev–Trinajstić information content (AvgIpc) is 3.41. The van der Waals surface area contributed by atoms with E-state index in [1.54, 1.807) is 34.8 Å². The second kappa shape index (κ2) is 10.0. The van der Waals surface area contributed by atoms with Crippen molar-refractivity contribution in [3.05, 3.63) is 76.1 Å². The number of anilines is 3. The van der Waals surface area contributed by atoms with Gasteiger partial charge in [-0.3, -0.25) is 9.59 Å². The first-order valence-corrected chi connectivity index (χ1v) is 13.6. The Morgan fingerprint density at radius 2 is 2.00 bits per heavy atom. The molecule has 2 aliphatic rings. The predicted molar refractivity (Wildman–Crippen MR) is 145 cm³/mol. The Kier molecular flexibility index (Phi) is 6.40. The van der Waals surface area contributed by atoms with Gasteiger partial charge in [0, 0.05) is 42.3 Å². The highest BCUT2D eigenvalue weighted by molar-refractivity contribution is 7.07. The molecule has 2 amide bonds. The molecule has 3 N–H and O–H groups in total. The molecule has 0 bridgehead atoms. The van der Waals surface area contributed by atoms with Crippen molar-refractivity contribution in [1.82, 2.24) is 19.9 Å². The molecule has 3 aromatic heterocycles. The first kappa shape index (κ1) is 24.3. The lowest BCUT2D eigenvalue weighted by Crippen LogP contribution is -2.37. The molecule has 1 atom stereocenters. The smallest absolute Gasteiger partial charge is 0.257 e. The van der Waals surface area contributed by atoms with Crippen LogP contribution in [0.3, 0.4) is 0 Å². The summed E-state index contributed by atoms with van der Waals surface area (Å²) < 4.78 is 13.2. The zero-order chi connectivity index (χ0) is 26.2. The van der Waals surface area contributed by atoms with E-state index in [0.717, 1.165) is 23.4 Å². The van der Waals surface area contributed by atoms with Crippen molar-refractivity contribution in [2.45, 2.75) is 31.6 Å². The van der Waals surface area contributed by atoms with Crippen LogP contribution in [0.25, 0.3) is 11.3 Å². The molecule has 10 heteroatoms. The van der Waals surface area contributed by atoms with Crippen LogP contribution in [-0.2, 0) is 11.2 Å².